The number of carboxylic acids is 1. The fourth-order valence-corrected chi connectivity index (χ4v) is 5.23. The van der Waals surface area contributed by atoms with E-state index in [0.717, 1.165) is 27.3 Å². The number of ether oxygens (including phenoxy) is 3. The van der Waals surface area contributed by atoms with Gasteiger partial charge in [0.05, 0.1) is 10.7 Å². The summed E-state index contributed by atoms with van der Waals surface area (Å²) in [6.07, 6.45) is 0.384. The van der Waals surface area contributed by atoms with Gasteiger partial charge in [0, 0.05) is 19.4 Å². The molecule has 3 atom stereocenters. The van der Waals surface area contributed by atoms with E-state index >= 15 is 0 Å². The van der Waals surface area contributed by atoms with Crippen molar-refractivity contribution in [2.75, 3.05) is 19.3 Å². The van der Waals surface area contributed by atoms with Crippen LogP contribution in [0.1, 0.15) is 45.6 Å². The molecule has 3 heterocycles. The molecule has 0 saturated carbocycles. The van der Waals surface area contributed by atoms with Gasteiger partial charge in [0.25, 0.3) is 5.91 Å². The van der Waals surface area contributed by atoms with Crippen molar-refractivity contribution in [1.29, 1.82) is 0 Å². The Labute approximate surface area is 223 Å². The number of rotatable bonds is 8. The average Bonchev–Trinajstić information content (AvgIpc) is 3.49. The molecule has 3 aliphatic heterocycles. The number of carbonyl (C=O) groups excluding carboxylic acids is 4. The van der Waals surface area contributed by atoms with Gasteiger partial charge in [-0.2, -0.15) is 0 Å². The quantitative estimate of drug-likeness (QED) is 0.359. The van der Waals surface area contributed by atoms with E-state index in [4.69, 9.17) is 14.2 Å². The number of hydrogen-bond acceptors (Lipinski definition) is 9. The first kappa shape index (κ1) is 27.6. The number of aliphatic carboxylic acids is 1. The van der Waals surface area contributed by atoms with Gasteiger partial charge in [-0.1, -0.05) is 6.07 Å². The first-order valence-corrected chi connectivity index (χ1v) is 13.3. The molecule has 2 N–H and O–H groups in total. The van der Waals surface area contributed by atoms with Crippen molar-refractivity contribution in [3.05, 3.63) is 23.8 Å². The molecule has 38 heavy (non-hydrogen) atoms. The predicted octanol–water partition coefficient (Wildman–Crippen LogP) is 1.31. The van der Waals surface area contributed by atoms with Crippen molar-refractivity contribution >= 4 is 41.4 Å². The number of benzene rings is 1. The van der Waals surface area contributed by atoms with Gasteiger partial charge in [-0.3, -0.25) is 24.2 Å². The van der Waals surface area contributed by atoms with Crippen LogP contribution in [0.2, 0.25) is 0 Å². The monoisotopic (exact) mass is 549 g/mol. The maximum Gasteiger partial charge on any atom is 0.328 e. The Morgan fingerprint density at radius 1 is 1.18 bits per heavy atom. The van der Waals surface area contributed by atoms with Crippen molar-refractivity contribution < 1.29 is 43.3 Å². The second kappa shape index (κ2) is 11.1. The van der Waals surface area contributed by atoms with Crippen molar-refractivity contribution in [2.45, 2.75) is 63.8 Å². The maximum absolute atomic E-state index is 13.5. The first-order valence-electron chi connectivity index (χ1n) is 12.3. The minimum atomic E-state index is -1.21. The average molecular weight is 550 g/mol. The van der Waals surface area contributed by atoms with E-state index in [1.165, 1.54) is 0 Å². The van der Waals surface area contributed by atoms with Crippen LogP contribution in [-0.2, 0) is 35.1 Å². The minimum absolute atomic E-state index is 0.0112. The van der Waals surface area contributed by atoms with E-state index in [-0.39, 0.29) is 50.9 Å². The molecule has 0 radical (unpaired) electrons. The van der Waals surface area contributed by atoms with Crippen LogP contribution >= 0.6 is 11.8 Å². The summed E-state index contributed by atoms with van der Waals surface area (Å²) in [6, 6.07) is 3.06. The van der Waals surface area contributed by atoms with Crippen molar-refractivity contribution in [1.82, 2.24) is 15.3 Å². The predicted molar refractivity (Wildman–Crippen MR) is 134 cm³/mol. The van der Waals surface area contributed by atoms with Gasteiger partial charge < -0.3 is 24.6 Å². The second-order valence-electron chi connectivity index (χ2n) is 10.3. The lowest BCUT2D eigenvalue weighted by atomic mass is 9.98. The second-order valence-corrected chi connectivity index (χ2v) is 11.4. The molecule has 206 valence electrons. The highest BCUT2D eigenvalue weighted by atomic mass is 32.2. The number of amides is 3. The molecule has 4 rings (SSSR count). The maximum atomic E-state index is 13.5. The zero-order valence-corrected chi connectivity index (χ0v) is 22.2. The highest BCUT2D eigenvalue weighted by Gasteiger charge is 2.47. The first-order chi connectivity index (χ1) is 18.0. The van der Waals surface area contributed by atoms with Crippen LogP contribution < -0.4 is 14.8 Å². The number of nitrogens with one attached hydrogen (secondary N) is 1. The van der Waals surface area contributed by atoms with Gasteiger partial charge in [-0.05, 0) is 51.3 Å². The summed E-state index contributed by atoms with van der Waals surface area (Å²) in [6.45, 7) is 5.41. The highest BCUT2D eigenvalue weighted by Crippen LogP contribution is 2.34. The van der Waals surface area contributed by atoms with E-state index in [1.54, 1.807) is 39.0 Å². The molecule has 0 aromatic heterocycles. The number of carboxylic acid groups (broad SMARTS) is 1. The van der Waals surface area contributed by atoms with E-state index in [2.05, 4.69) is 5.32 Å². The molecular weight excluding hydrogens is 518 g/mol. The molecule has 1 aromatic rings. The smallest absolute Gasteiger partial charge is 0.328 e. The Balaban J connectivity index is 1.49. The van der Waals surface area contributed by atoms with Crippen LogP contribution in [0.25, 0.3) is 0 Å². The van der Waals surface area contributed by atoms with E-state index in [0.29, 0.717) is 11.5 Å². The molecule has 2 fully saturated rings. The summed E-state index contributed by atoms with van der Waals surface area (Å²) < 4.78 is 16.1. The Bertz CT molecular complexity index is 1140. The molecule has 2 saturated heterocycles. The molecule has 0 bridgehead atoms. The molecule has 0 spiro atoms. The third-order valence-corrected chi connectivity index (χ3v) is 7.49. The van der Waals surface area contributed by atoms with Crippen molar-refractivity contribution in [3.63, 3.8) is 0 Å². The molecule has 1 unspecified atom stereocenters. The summed E-state index contributed by atoms with van der Waals surface area (Å²) in [5, 5.41) is 13.6. The highest BCUT2D eigenvalue weighted by molar-refractivity contribution is 8.00. The lowest BCUT2D eigenvalue weighted by molar-refractivity contribution is -0.166. The molecule has 3 amide bonds. The van der Waals surface area contributed by atoms with Gasteiger partial charge in [-0.15, -0.1) is 11.8 Å². The topological polar surface area (TPSA) is 152 Å². The zero-order valence-electron chi connectivity index (χ0n) is 21.4. The molecule has 13 heteroatoms. The standard InChI is InChI=1S/C25H31N3O9S/c1-25(2,3)24(34)37-13-38-19(11-14-4-6-17-18(10-14)36-12-35-17)21(30)26-15-5-7-20(29)27-9-8-16(23(32)33)28(27)22(15)31/h4,6,10,15-16,19H,5,7-9,11-13H2,1-3H3,(H,26,30)(H,32,33)/t15?,16-,19+/m0/s1. The number of esters is 1. The summed E-state index contributed by atoms with van der Waals surface area (Å²) >= 11 is 1.10. The molecule has 1 aromatic carbocycles. The van der Waals surface area contributed by atoms with Crippen LogP contribution in [0.4, 0.5) is 0 Å². The molecule has 0 aliphatic carbocycles. The molecule has 12 nitrogen and oxygen atoms in total. The van der Waals surface area contributed by atoms with Crippen LogP contribution in [0.15, 0.2) is 18.2 Å². The Hall–Kier alpha value is -3.48. The lowest BCUT2D eigenvalue weighted by Crippen LogP contribution is -2.55. The minimum Gasteiger partial charge on any atom is -0.480 e. The number of carbonyl (C=O) groups is 5. The lowest BCUT2D eigenvalue weighted by Gasteiger charge is -2.30. The number of fused-ring (bicyclic) bond motifs is 2. The van der Waals surface area contributed by atoms with Crippen LogP contribution in [0.5, 0.6) is 11.5 Å². The fourth-order valence-electron chi connectivity index (χ4n) is 4.36. The molecule has 3 aliphatic rings. The number of hydrazine groups is 1. The van der Waals surface area contributed by atoms with Crippen LogP contribution in [0.3, 0.4) is 0 Å². The number of nitrogens with zero attached hydrogens (tertiary/aromatic N) is 2. The number of hydrogen-bond donors (Lipinski definition) is 2. The van der Waals surface area contributed by atoms with Gasteiger partial charge in [0.2, 0.25) is 18.6 Å². The third kappa shape index (κ3) is 5.98. The van der Waals surface area contributed by atoms with Gasteiger partial charge in [0.15, 0.2) is 17.5 Å². The summed E-state index contributed by atoms with van der Waals surface area (Å²) in [5.74, 6) is -2.06. The number of thioether (sulfide) groups is 1. The Morgan fingerprint density at radius 3 is 2.63 bits per heavy atom. The van der Waals surface area contributed by atoms with E-state index < -0.39 is 46.5 Å². The Kier molecular flexibility index (Phi) is 8.05. The largest absolute Gasteiger partial charge is 0.480 e. The van der Waals surface area contributed by atoms with Crippen LogP contribution in [-0.4, -0.2) is 81.4 Å². The van der Waals surface area contributed by atoms with E-state index in [1.807, 2.05) is 0 Å². The van der Waals surface area contributed by atoms with Crippen LogP contribution in [0, 0.1) is 5.41 Å². The summed E-state index contributed by atoms with van der Waals surface area (Å²) in [7, 11) is 0. The Morgan fingerprint density at radius 2 is 1.92 bits per heavy atom. The van der Waals surface area contributed by atoms with Crippen molar-refractivity contribution in [3.8, 4) is 11.5 Å². The molecular formula is C25H31N3O9S. The van der Waals surface area contributed by atoms with E-state index in [9.17, 15) is 29.1 Å². The summed E-state index contributed by atoms with van der Waals surface area (Å²) in [4.78, 5) is 63.2. The fraction of sp³-hybridized carbons (Fsp3) is 0.560. The summed E-state index contributed by atoms with van der Waals surface area (Å²) in [5.41, 5.74) is 0.0557. The SMILES string of the molecule is CC(C)(C)C(=O)OCS[C@H](Cc1ccc2c(c1)OCO2)C(=O)NC1CCC(=O)N2CC[C@@H](C(=O)O)N2C1=O. The van der Waals surface area contributed by atoms with Gasteiger partial charge in [0.1, 0.15) is 12.0 Å². The normalized spacial score (nSPS) is 21.6. The third-order valence-electron chi connectivity index (χ3n) is 6.45. The van der Waals surface area contributed by atoms with Gasteiger partial charge in [-0.25, -0.2) is 9.80 Å². The van der Waals surface area contributed by atoms with Crippen molar-refractivity contribution in [2.24, 2.45) is 5.41 Å². The van der Waals surface area contributed by atoms with Gasteiger partial charge >= 0.3 is 11.9 Å². The zero-order chi connectivity index (χ0) is 27.6.